The van der Waals surface area contributed by atoms with Crippen molar-refractivity contribution in [3.8, 4) is 17.1 Å². The molecule has 2 aromatic heterocycles. The first-order valence-electron chi connectivity index (χ1n) is 10.2. The summed E-state index contributed by atoms with van der Waals surface area (Å²) in [6.45, 7) is 3.86. The van der Waals surface area contributed by atoms with E-state index < -0.39 is 6.04 Å². The minimum absolute atomic E-state index is 0.0696. The van der Waals surface area contributed by atoms with E-state index in [1.54, 1.807) is 11.6 Å². The van der Waals surface area contributed by atoms with Crippen molar-refractivity contribution in [3.63, 3.8) is 0 Å². The molecule has 158 valence electrons. The average Bonchev–Trinajstić information content (AvgIpc) is 3.13. The van der Waals surface area contributed by atoms with Crippen molar-refractivity contribution in [1.82, 2.24) is 30.2 Å². The van der Waals surface area contributed by atoms with Gasteiger partial charge in [-0.05, 0) is 42.8 Å². The maximum atomic E-state index is 12.5. The van der Waals surface area contributed by atoms with Gasteiger partial charge in [-0.25, -0.2) is 9.97 Å². The lowest BCUT2D eigenvalue weighted by molar-refractivity contribution is -0.121. The molecule has 0 aliphatic carbocycles. The van der Waals surface area contributed by atoms with Gasteiger partial charge < -0.3 is 20.7 Å². The molecular weight excluding hydrogens is 394 g/mol. The van der Waals surface area contributed by atoms with E-state index in [1.807, 2.05) is 49.4 Å². The summed E-state index contributed by atoms with van der Waals surface area (Å²) in [7, 11) is 1.63. The van der Waals surface area contributed by atoms with Crippen LogP contribution in [0.1, 0.15) is 5.56 Å². The monoisotopic (exact) mass is 417 g/mol. The van der Waals surface area contributed by atoms with Gasteiger partial charge in [0.2, 0.25) is 11.9 Å². The molecule has 3 heterocycles. The number of aromatic nitrogens is 4. The lowest BCUT2D eigenvalue weighted by Gasteiger charge is -2.17. The number of carbonyl (C=O) groups is 1. The molecule has 9 nitrogen and oxygen atoms in total. The quantitative estimate of drug-likeness (QED) is 0.465. The Bertz CT molecular complexity index is 1270. The highest BCUT2D eigenvalue weighted by Gasteiger charge is 2.23. The summed E-state index contributed by atoms with van der Waals surface area (Å²) in [5, 5.41) is 15.1. The molecule has 0 bridgehead atoms. The number of anilines is 1. The molecule has 0 unspecified atom stereocenters. The number of hydrogen-bond acceptors (Lipinski definition) is 7. The highest BCUT2D eigenvalue weighted by Crippen LogP contribution is 2.27. The second-order valence-corrected chi connectivity index (χ2v) is 7.50. The molecule has 2 aromatic carbocycles. The van der Waals surface area contributed by atoms with Gasteiger partial charge in [-0.2, -0.15) is 4.52 Å². The molecule has 3 N–H and O–H groups in total. The van der Waals surface area contributed by atoms with E-state index >= 15 is 0 Å². The lowest BCUT2D eigenvalue weighted by Crippen LogP contribution is -2.42. The Morgan fingerprint density at radius 2 is 1.97 bits per heavy atom. The van der Waals surface area contributed by atoms with Crippen molar-refractivity contribution in [2.75, 3.05) is 32.1 Å². The van der Waals surface area contributed by atoms with Gasteiger partial charge in [-0.15, -0.1) is 5.10 Å². The smallest absolute Gasteiger partial charge is 0.243 e. The highest BCUT2D eigenvalue weighted by molar-refractivity contribution is 5.96. The minimum atomic E-state index is -0.464. The zero-order valence-corrected chi connectivity index (χ0v) is 17.3. The van der Waals surface area contributed by atoms with Gasteiger partial charge in [0, 0.05) is 30.6 Å². The number of nitrogens with zero attached hydrogens (tertiary/aromatic N) is 4. The molecule has 9 heteroatoms. The largest absolute Gasteiger partial charge is 0.497 e. The van der Waals surface area contributed by atoms with Gasteiger partial charge >= 0.3 is 0 Å². The van der Waals surface area contributed by atoms with E-state index in [0.717, 1.165) is 34.3 Å². The molecular formula is C22H23N7O2. The Morgan fingerprint density at radius 3 is 2.77 bits per heavy atom. The third kappa shape index (κ3) is 3.53. The molecule has 0 spiro atoms. The summed E-state index contributed by atoms with van der Waals surface area (Å²) in [5.74, 6) is 1.75. The fourth-order valence-electron chi connectivity index (χ4n) is 3.78. The van der Waals surface area contributed by atoms with Crippen LogP contribution < -0.4 is 20.7 Å². The van der Waals surface area contributed by atoms with E-state index in [-0.39, 0.29) is 5.91 Å². The molecule has 31 heavy (non-hydrogen) atoms. The van der Waals surface area contributed by atoms with Gasteiger partial charge in [0.05, 0.1) is 12.6 Å². The topological polar surface area (TPSA) is 105 Å². The summed E-state index contributed by atoms with van der Waals surface area (Å²) in [6, 6.07) is 13.1. The Morgan fingerprint density at radius 1 is 1.13 bits per heavy atom. The summed E-state index contributed by atoms with van der Waals surface area (Å²) in [4.78, 5) is 22.1. The van der Waals surface area contributed by atoms with Crippen LogP contribution in [0.4, 0.5) is 5.95 Å². The predicted octanol–water partition coefficient (Wildman–Crippen LogP) is 1.76. The van der Waals surface area contributed by atoms with Crippen LogP contribution in [0.2, 0.25) is 0 Å². The van der Waals surface area contributed by atoms with Gasteiger partial charge in [0.1, 0.15) is 11.8 Å². The van der Waals surface area contributed by atoms with E-state index in [0.29, 0.717) is 30.5 Å². The van der Waals surface area contributed by atoms with Crippen LogP contribution >= 0.6 is 0 Å². The second kappa shape index (κ2) is 7.84. The maximum Gasteiger partial charge on any atom is 0.243 e. The Balaban J connectivity index is 1.66. The van der Waals surface area contributed by atoms with Gasteiger partial charge in [-0.1, -0.05) is 12.1 Å². The molecule has 4 aromatic rings. The first-order chi connectivity index (χ1) is 15.1. The van der Waals surface area contributed by atoms with E-state index in [4.69, 9.17) is 19.8 Å². The van der Waals surface area contributed by atoms with Crippen LogP contribution in [0.25, 0.3) is 27.9 Å². The van der Waals surface area contributed by atoms with E-state index in [9.17, 15) is 4.79 Å². The van der Waals surface area contributed by atoms with Crippen molar-refractivity contribution < 1.29 is 9.53 Å². The predicted molar refractivity (Wildman–Crippen MR) is 118 cm³/mol. The van der Waals surface area contributed by atoms with Gasteiger partial charge in [0.15, 0.2) is 11.5 Å². The highest BCUT2D eigenvalue weighted by atomic mass is 16.5. The number of amides is 1. The zero-order chi connectivity index (χ0) is 21.4. The molecule has 0 saturated carbocycles. The number of hydrogen-bond donors (Lipinski definition) is 3. The number of methoxy groups -OCH3 is 1. The Hall–Kier alpha value is -3.72. The Labute approximate surface area is 178 Å². The summed E-state index contributed by atoms with van der Waals surface area (Å²) >= 11 is 0. The fraction of sp³-hybridized carbons (Fsp3) is 0.273. The first kappa shape index (κ1) is 19.3. The van der Waals surface area contributed by atoms with Crippen molar-refractivity contribution in [2.45, 2.75) is 13.0 Å². The number of fused-ring (bicyclic) bond motifs is 3. The fourth-order valence-corrected chi connectivity index (χ4v) is 3.78. The normalized spacial score (nSPS) is 16.8. The standard InChI is InChI=1S/C22H23N7O2/c1-13-4-3-5-16-18(13)20-27-19(14-6-8-15(31-2)9-7-14)28-29(20)22(25-16)26-17-12-23-10-11-24-21(17)30/h3-9,17,23H,10-12H2,1-2H3,(H,24,30)(H,25,26)/t17-/m1/s1. The van der Waals surface area contributed by atoms with Gasteiger partial charge in [-0.3, -0.25) is 4.79 Å². The van der Waals surface area contributed by atoms with Crippen LogP contribution in [-0.2, 0) is 4.79 Å². The summed E-state index contributed by atoms with van der Waals surface area (Å²) < 4.78 is 6.94. The van der Waals surface area contributed by atoms with Crippen LogP contribution in [0, 0.1) is 6.92 Å². The SMILES string of the molecule is COc1ccc(-c2nc3c4c(C)cccc4nc(N[C@@H]4CNCCNC4=O)n3n2)cc1. The second-order valence-electron chi connectivity index (χ2n) is 7.50. The molecule has 1 saturated heterocycles. The van der Waals surface area contributed by atoms with Crippen molar-refractivity contribution in [3.05, 3.63) is 48.0 Å². The molecule has 5 rings (SSSR count). The average molecular weight is 417 g/mol. The number of aryl methyl sites for hydroxylation is 1. The summed E-state index contributed by atoms with van der Waals surface area (Å²) in [5.41, 5.74) is 3.42. The van der Waals surface area contributed by atoms with Crippen LogP contribution in [0.3, 0.4) is 0 Å². The Kier molecular flexibility index (Phi) is 4.87. The van der Waals surface area contributed by atoms with Crippen LogP contribution in [0.15, 0.2) is 42.5 Å². The van der Waals surface area contributed by atoms with E-state index in [2.05, 4.69) is 16.0 Å². The molecule has 1 atom stereocenters. The molecule has 0 radical (unpaired) electrons. The first-order valence-corrected chi connectivity index (χ1v) is 10.2. The number of rotatable bonds is 4. The zero-order valence-electron chi connectivity index (χ0n) is 17.3. The van der Waals surface area contributed by atoms with E-state index in [1.165, 1.54) is 0 Å². The van der Waals surface area contributed by atoms with Crippen molar-refractivity contribution in [1.29, 1.82) is 0 Å². The third-order valence-electron chi connectivity index (χ3n) is 5.43. The minimum Gasteiger partial charge on any atom is -0.497 e. The van der Waals surface area contributed by atoms with Crippen molar-refractivity contribution in [2.24, 2.45) is 0 Å². The van der Waals surface area contributed by atoms with Crippen LogP contribution in [-0.4, -0.2) is 58.3 Å². The number of ether oxygens (including phenoxy) is 1. The van der Waals surface area contributed by atoms with Crippen LogP contribution in [0.5, 0.6) is 5.75 Å². The lowest BCUT2D eigenvalue weighted by atomic mass is 10.1. The molecule has 1 aliphatic heterocycles. The molecule has 1 amide bonds. The number of nitrogens with one attached hydrogen (secondary N) is 3. The molecule has 1 fully saturated rings. The van der Waals surface area contributed by atoms with Crippen molar-refractivity contribution >= 4 is 28.4 Å². The number of carbonyl (C=O) groups excluding carboxylic acids is 1. The molecule has 1 aliphatic rings. The number of benzene rings is 2. The summed E-state index contributed by atoms with van der Waals surface area (Å²) in [6.07, 6.45) is 0. The third-order valence-corrected chi connectivity index (χ3v) is 5.43. The van der Waals surface area contributed by atoms with Gasteiger partial charge in [0.25, 0.3) is 0 Å². The maximum absolute atomic E-state index is 12.5.